The van der Waals surface area contributed by atoms with Crippen LogP contribution in [0.1, 0.15) is 26.3 Å². The van der Waals surface area contributed by atoms with Crippen molar-refractivity contribution in [2.24, 2.45) is 0 Å². The zero-order valence-electron chi connectivity index (χ0n) is 15.9. The van der Waals surface area contributed by atoms with Crippen molar-refractivity contribution < 1.29 is 15.0 Å². The first-order valence-electron chi connectivity index (χ1n) is 8.32. The van der Waals surface area contributed by atoms with E-state index in [0.29, 0.717) is 16.4 Å². The Hall–Kier alpha value is -1.98. The van der Waals surface area contributed by atoms with Gasteiger partial charge in [-0.2, -0.15) is 0 Å². The van der Waals surface area contributed by atoms with E-state index in [4.69, 9.17) is 16.0 Å². The highest BCUT2D eigenvalue weighted by atomic mass is 16.6. The van der Waals surface area contributed by atoms with E-state index in [1.165, 1.54) is 11.1 Å². The van der Waals surface area contributed by atoms with E-state index < -0.39 is 24.7 Å². The Morgan fingerprint density at radius 1 is 1.40 bits per heavy atom. The Balaban J connectivity index is 2.29. The van der Waals surface area contributed by atoms with Crippen molar-refractivity contribution in [3.05, 3.63) is 18.3 Å². The molecule has 1 aromatic heterocycles. The van der Waals surface area contributed by atoms with Crippen LogP contribution in [0, 0.1) is 0 Å². The zero-order valence-corrected chi connectivity index (χ0v) is 11.9. The van der Waals surface area contributed by atoms with E-state index in [2.05, 4.69) is 4.98 Å². The molecule has 2 heterocycles. The molecule has 1 aromatic rings. The van der Waals surface area contributed by atoms with Crippen LogP contribution >= 0.6 is 0 Å². The molecule has 6 heteroatoms. The summed E-state index contributed by atoms with van der Waals surface area (Å²) in [5.41, 5.74) is 5.22. The summed E-state index contributed by atoms with van der Waals surface area (Å²) in [5, 5.41) is 0. The first kappa shape index (κ1) is 9.85. The second-order valence-electron chi connectivity index (χ2n) is 5.43. The smallest absolute Gasteiger partial charge is 0.410 e. The van der Waals surface area contributed by atoms with Crippen LogP contribution < -0.4 is 10.6 Å². The summed E-state index contributed by atoms with van der Waals surface area (Å²) < 4.78 is 37.8. The molecule has 0 spiro atoms. The Morgan fingerprint density at radius 2 is 2.05 bits per heavy atom. The fourth-order valence-electron chi connectivity index (χ4n) is 1.63. The maximum atomic E-state index is 12.3. The Bertz CT molecular complexity index is 598. The number of piperazine rings is 1. The maximum Gasteiger partial charge on any atom is 0.410 e. The second kappa shape index (κ2) is 5.56. The minimum absolute atomic E-state index is 0.211. The van der Waals surface area contributed by atoms with Gasteiger partial charge in [0.25, 0.3) is 0 Å². The molecule has 1 fully saturated rings. The number of carbonyl (C=O) groups excluding carboxylic acids is 1. The van der Waals surface area contributed by atoms with E-state index in [-0.39, 0.29) is 13.1 Å². The molecule has 6 nitrogen and oxygen atoms in total. The van der Waals surface area contributed by atoms with Gasteiger partial charge in [-0.1, -0.05) is 0 Å². The molecule has 0 radical (unpaired) electrons. The number of hydrogen-bond acceptors (Lipinski definition) is 5. The van der Waals surface area contributed by atoms with Crippen LogP contribution in [-0.4, -0.2) is 47.7 Å². The largest absolute Gasteiger partial charge is 0.444 e. The molecule has 1 saturated heterocycles. The average Bonchev–Trinajstić information content (AvgIpc) is 2.33. The molecular weight excluding hydrogens is 256 g/mol. The van der Waals surface area contributed by atoms with Crippen LogP contribution in [0.25, 0.3) is 0 Å². The van der Waals surface area contributed by atoms with E-state index in [1.54, 1.807) is 32.9 Å². The van der Waals surface area contributed by atoms with E-state index >= 15 is 0 Å². The number of ether oxygens (including phenoxy) is 1. The van der Waals surface area contributed by atoms with Gasteiger partial charge in [-0.3, -0.25) is 0 Å². The Kier molecular flexibility index (Phi) is 2.74. The standard InChI is InChI=1S/C14H22N4O2/c1-14(2,3)20-13(19)18-8-6-17(7-9-18)11-4-5-12(15)16-10-11/h4-5,10H,6-9H2,1-3H3,(H2,15,16)/i8D2,9D2. The van der Waals surface area contributed by atoms with Crippen molar-refractivity contribution in [1.29, 1.82) is 0 Å². The molecule has 2 rings (SSSR count). The number of nitrogens with zero attached hydrogens (tertiary/aromatic N) is 3. The predicted octanol–water partition coefficient (Wildman–Crippen LogP) is 1.72. The van der Waals surface area contributed by atoms with Crippen molar-refractivity contribution in [3.8, 4) is 0 Å². The zero-order chi connectivity index (χ0) is 18.3. The third-order valence-corrected chi connectivity index (χ3v) is 2.55. The molecule has 2 N–H and O–H groups in total. The average molecular weight is 282 g/mol. The van der Waals surface area contributed by atoms with Crippen molar-refractivity contribution in [3.63, 3.8) is 0 Å². The molecule has 0 bridgehead atoms. The number of nitrogen functional groups attached to an aromatic ring is 1. The van der Waals surface area contributed by atoms with Crippen molar-refractivity contribution in [2.75, 3.05) is 36.7 Å². The lowest BCUT2D eigenvalue weighted by Gasteiger charge is -2.36. The molecule has 1 amide bonds. The summed E-state index contributed by atoms with van der Waals surface area (Å²) in [7, 11) is 0. The normalized spacial score (nSPS) is 24.1. The number of amides is 1. The minimum Gasteiger partial charge on any atom is -0.444 e. The highest BCUT2D eigenvalue weighted by molar-refractivity contribution is 5.68. The predicted molar refractivity (Wildman–Crippen MR) is 78.7 cm³/mol. The maximum absolute atomic E-state index is 12.3. The van der Waals surface area contributed by atoms with Gasteiger partial charge in [0.2, 0.25) is 0 Å². The van der Waals surface area contributed by atoms with Crippen LogP contribution in [0.2, 0.25) is 0 Å². The number of aromatic nitrogens is 1. The summed E-state index contributed by atoms with van der Waals surface area (Å²) in [6.07, 6.45) is 0.428. The summed E-state index contributed by atoms with van der Waals surface area (Å²) in [5.74, 6) is 0.317. The first-order valence-corrected chi connectivity index (χ1v) is 6.32. The summed E-state index contributed by atoms with van der Waals surface area (Å²) >= 11 is 0. The van der Waals surface area contributed by atoms with Crippen LogP contribution in [0.3, 0.4) is 0 Å². The molecule has 0 aliphatic carbocycles. The van der Waals surface area contributed by atoms with Crippen LogP contribution in [-0.2, 0) is 4.74 Å². The fourth-order valence-corrected chi connectivity index (χ4v) is 1.63. The van der Waals surface area contributed by atoms with E-state index in [9.17, 15) is 4.79 Å². The van der Waals surface area contributed by atoms with Crippen molar-refractivity contribution in [1.82, 2.24) is 9.88 Å². The van der Waals surface area contributed by atoms with Gasteiger partial charge in [0.1, 0.15) is 11.4 Å². The number of rotatable bonds is 1. The molecule has 1 aliphatic heterocycles. The van der Waals surface area contributed by atoms with Crippen LogP contribution in [0.5, 0.6) is 0 Å². The Labute approximate surface area is 125 Å². The first-order chi connectivity index (χ1) is 10.8. The van der Waals surface area contributed by atoms with Gasteiger partial charge in [-0.25, -0.2) is 9.78 Å². The SMILES string of the molecule is [2H]C1([2H])CN(c2ccc(N)nc2)CC([2H])([2H])N1C(=O)OC(C)(C)C. The molecule has 0 aromatic carbocycles. The van der Waals surface area contributed by atoms with Crippen LogP contribution in [0.15, 0.2) is 18.3 Å². The molecule has 1 aliphatic rings. The van der Waals surface area contributed by atoms with Gasteiger partial charge in [0, 0.05) is 26.1 Å². The quantitative estimate of drug-likeness (QED) is 0.849. The topological polar surface area (TPSA) is 71.7 Å². The summed E-state index contributed by atoms with van der Waals surface area (Å²) in [6, 6.07) is 3.19. The number of hydrogen-bond donors (Lipinski definition) is 1. The van der Waals surface area contributed by atoms with Gasteiger partial charge in [-0.15, -0.1) is 0 Å². The molecule has 0 atom stereocenters. The monoisotopic (exact) mass is 282 g/mol. The van der Waals surface area contributed by atoms with E-state index in [1.807, 2.05) is 0 Å². The number of pyridine rings is 1. The molecule has 0 saturated carbocycles. The minimum atomic E-state index is -2.26. The van der Waals surface area contributed by atoms with Gasteiger partial charge in [0.15, 0.2) is 0 Å². The van der Waals surface area contributed by atoms with Gasteiger partial charge >= 0.3 is 6.09 Å². The fraction of sp³-hybridized carbons (Fsp3) is 0.571. The highest BCUT2D eigenvalue weighted by Gasteiger charge is 2.25. The number of carbonyl (C=O) groups is 1. The summed E-state index contributed by atoms with van der Waals surface area (Å²) in [6.45, 7) is -0.00332. The number of nitrogens with two attached hydrogens (primary N) is 1. The van der Waals surface area contributed by atoms with Crippen molar-refractivity contribution >= 4 is 17.6 Å². The third-order valence-electron chi connectivity index (χ3n) is 2.55. The lowest BCUT2D eigenvalue weighted by Crippen LogP contribution is -2.50. The summed E-state index contributed by atoms with van der Waals surface area (Å²) in [4.78, 5) is 18.3. The number of anilines is 2. The van der Waals surface area contributed by atoms with Gasteiger partial charge in [-0.05, 0) is 32.9 Å². The van der Waals surface area contributed by atoms with Gasteiger partial charge in [0.05, 0.1) is 17.4 Å². The third kappa shape index (κ3) is 3.76. The molecule has 0 unspecified atom stereocenters. The van der Waals surface area contributed by atoms with Crippen LogP contribution in [0.4, 0.5) is 16.3 Å². The Morgan fingerprint density at radius 3 is 2.55 bits per heavy atom. The van der Waals surface area contributed by atoms with Crippen molar-refractivity contribution in [2.45, 2.75) is 26.4 Å². The highest BCUT2D eigenvalue weighted by Crippen LogP contribution is 2.17. The molecular formula is C14H22N4O2. The lowest BCUT2D eigenvalue weighted by molar-refractivity contribution is 0.0240. The second-order valence-corrected chi connectivity index (χ2v) is 5.43. The lowest BCUT2D eigenvalue weighted by atomic mass is 10.2. The van der Waals surface area contributed by atoms with Gasteiger partial charge < -0.3 is 20.3 Å². The van der Waals surface area contributed by atoms with E-state index in [0.717, 1.165) is 0 Å². The molecule has 20 heavy (non-hydrogen) atoms. The molecule has 110 valence electrons.